The standard InChI is InChI=1S/C11H12F2O3/c1-5(2)8(11(15)16)9-6(12)3-4-7(14)10(9)13/h3-5,8,14H,1-2H3,(H,15,16). The molecule has 0 saturated heterocycles. The monoisotopic (exact) mass is 230 g/mol. The van der Waals surface area contributed by atoms with E-state index in [0.717, 1.165) is 12.1 Å². The number of hydrogen-bond acceptors (Lipinski definition) is 2. The lowest BCUT2D eigenvalue weighted by Gasteiger charge is -2.18. The van der Waals surface area contributed by atoms with Gasteiger partial charge in [-0.1, -0.05) is 13.8 Å². The molecule has 1 unspecified atom stereocenters. The molecule has 2 N–H and O–H groups in total. The maximum absolute atomic E-state index is 13.5. The molecular formula is C11H12F2O3. The van der Waals surface area contributed by atoms with Gasteiger partial charge in [0.15, 0.2) is 11.6 Å². The second kappa shape index (κ2) is 4.47. The zero-order valence-corrected chi connectivity index (χ0v) is 8.87. The fraction of sp³-hybridized carbons (Fsp3) is 0.364. The highest BCUT2D eigenvalue weighted by Crippen LogP contribution is 2.32. The van der Waals surface area contributed by atoms with Crippen molar-refractivity contribution in [2.45, 2.75) is 19.8 Å². The van der Waals surface area contributed by atoms with E-state index >= 15 is 0 Å². The van der Waals surface area contributed by atoms with Crippen LogP contribution >= 0.6 is 0 Å². The van der Waals surface area contributed by atoms with Crippen molar-refractivity contribution in [2.75, 3.05) is 0 Å². The fourth-order valence-electron chi connectivity index (χ4n) is 1.58. The Morgan fingerprint density at radius 3 is 2.31 bits per heavy atom. The van der Waals surface area contributed by atoms with Gasteiger partial charge >= 0.3 is 5.97 Å². The van der Waals surface area contributed by atoms with Crippen LogP contribution in [0.4, 0.5) is 8.78 Å². The van der Waals surface area contributed by atoms with Gasteiger partial charge < -0.3 is 10.2 Å². The molecule has 1 rings (SSSR count). The van der Waals surface area contributed by atoms with Gasteiger partial charge in [0.05, 0.1) is 5.92 Å². The first-order valence-corrected chi connectivity index (χ1v) is 4.76. The van der Waals surface area contributed by atoms with Crippen LogP contribution in [0.15, 0.2) is 12.1 Å². The number of phenolic OH excluding ortho intramolecular Hbond substituents is 1. The minimum absolute atomic E-state index is 0.483. The van der Waals surface area contributed by atoms with Gasteiger partial charge in [-0.15, -0.1) is 0 Å². The van der Waals surface area contributed by atoms with Crippen molar-refractivity contribution < 1.29 is 23.8 Å². The van der Waals surface area contributed by atoms with Gasteiger partial charge in [-0.05, 0) is 18.1 Å². The summed E-state index contributed by atoms with van der Waals surface area (Å²) in [5, 5.41) is 18.0. The maximum atomic E-state index is 13.5. The minimum atomic E-state index is -1.32. The molecular weight excluding hydrogens is 218 g/mol. The molecule has 0 heterocycles. The Balaban J connectivity index is 3.40. The second-order valence-corrected chi connectivity index (χ2v) is 3.85. The second-order valence-electron chi connectivity index (χ2n) is 3.85. The summed E-state index contributed by atoms with van der Waals surface area (Å²) in [6.45, 7) is 3.09. The largest absolute Gasteiger partial charge is 0.505 e. The van der Waals surface area contributed by atoms with Crippen LogP contribution in [0.25, 0.3) is 0 Å². The lowest BCUT2D eigenvalue weighted by molar-refractivity contribution is -0.140. The van der Waals surface area contributed by atoms with Crippen LogP contribution < -0.4 is 0 Å². The van der Waals surface area contributed by atoms with Gasteiger partial charge in [0.25, 0.3) is 0 Å². The van der Waals surface area contributed by atoms with Gasteiger partial charge in [-0.25, -0.2) is 8.78 Å². The number of benzene rings is 1. The lowest BCUT2D eigenvalue weighted by atomic mass is 9.87. The first kappa shape index (κ1) is 12.4. The van der Waals surface area contributed by atoms with Crippen LogP contribution in [0.1, 0.15) is 25.3 Å². The van der Waals surface area contributed by atoms with E-state index in [1.165, 1.54) is 0 Å². The quantitative estimate of drug-likeness (QED) is 0.838. The van der Waals surface area contributed by atoms with Crippen LogP contribution in [0.3, 0.4) is 0 Å². The van der Waals surface area contributed by atoms with Crippen molar-refractivity contribution in [3.8, 4) is 5.75 Å². The van der Waals surface area contributed by atoms with Crippen LogP contribution in [0.2, 0.25) is 0 Å². The van der Waals surface area contributed by atoms with Crippen LogP contribution in [-0.4, -0.2) is 16.2 Å². The molecule has 0 bridgehead atoms. The summed E-state index contributed by atoms with van der Waals surface area (Å²) in [6, 6.07) is 1.71. The van der Waals surface area contributed by atoms with Crippen LogP contribution in [0, 0.1) is 17.6 Å². The molecule has 3 nitrogen and oxygen atoms in total. The summed E-state index contributed by atoms with van der Waals surface area (Å²) < 4.78 is 26.9. The zero-order valence-electron chi connectivity index (χ0n) is 8.87. The third kappa shape index (κ3) is 2.13. The average molecular weight is 230 g/mol. The number of phenols is 1. The highest BCUT2D eigenvalue weighted by molar-refractivity contribution is 5.76. The molecule has 1 aromatic carbocycles. The number of halogens is 2. The van der Waals surface area contributed by atoms with E-state index in [4.69, 9.17) is 10.2 Å². The molecule has 0 aliphatic heterocycles. The van der Waals surface area contributed by atoms with Crippen molar-refractivity contribution in [1.82, 2.24) is 0 Å². The lowest BCUT2D eigenvalue weighted by Crippen LogP contribution is -2.20. The van der Waals surface area contributed by atoms with E-state index in [1.54, 1.807) is 13.8 Å². The number of rotatable bonds is 3. The normalized spacial score (nSPS) is 12.8. The number of aliphatic carboxylic acids is 1. The van der Waals surface area contributed by atoms with Gasteiger partial charge in [-0.3, -0.25) is 4.79 Å². The molecule has 0 radical (unpaired) electrons. The molecule has 88 valence electrons. The Morgan fingerprint density at radius 1 is 1.31 bits per heavy atom. The number of aromatic hydroxyl groups is 1. The highest BCUT2D eigenvalue weighted by atomic mass is 19.1. The topological polar surface area (TPSA) is 57.5 Å². The van der Waals surface area contributed by atoms with Crippen molar-refractivity contribution in [1.29, 1.82) is 0 Å². The number of carboxylic acid groups (broad SMARTS) is 1. The summed E-state index contributed by atoms with van der Waals surface area (Å²) >= 11 is 0. The molecule has 0 fully saturated rings. The zero-order chi connectivity index (χ0) is 12.5. The first-order valence-electron chi connectivity index (χ1n) is 4.76. The average Bonchev–Trinajstić information content (AvgIpc) is 2.17. The number of carboxylic acids is 1. The third-order valence-electron chi connectivity index (χ3n) is 2.35. The van der Waals surface area contributed by atoms with E-state index < -0.39 is 40.8 Å². The molecule has 1 aromatic rings. The molecule has 0 aliphatic rings. The van der Waals surface area contributed by atoms with E-state index in [2.05, 4.69) is 0 Å². The van der Waals surface area contributed by atoms with Gasteiger partial charge in [0.2, 0.25) is 0 Å². The van der Waals surface area contributed by atoms with Crippen LogP contribution in [-0.2, 0) is 4.79 Å². The molecule has 0 saturated carbocycles. The molecule has 1 atom stereocenters. The van der Waals surface area contributed by atoms with E-state index in [0.29, 0.717) is 0 Å². The minimum Gasteiger partial charge on any atom is -0.505 e. The Bertz CT molecular complexity index is 416. The van der Waals surface area contributed by atoms with E-state index in [-0.39, 0.29) is 0 Å². The smallest absolute Gasteiger partial charge is 0.311 e. The predicted molar refractivity (Wildman–Crippen MR) is 53.2 cm³/mol. The van der Waals surface area contributed by atoms with Crippen molar-refractivity contribution in [3.63, 3.8) is 0 Å². The molecule has 0 spiro atoms. The molecule has 0 aromatic heterocycles. The Hall–Kier alpha value is -1.65. The number of carbonyl (C=O) groups is 1. The summed E-state index contributed by atoms with van der Waals surface area (Å²) in [5.41, 5.74) is -0.595. The third-order valence-corrected chi connectivity index (χ3v) is 2.35. The molecule has 0 aliphatic carbocycles. The Labute approximate surface area is 91.3 Å². The molecule has 0 amide bonds. The SMILES string of the molecule is CC(C)C(C(=O)O)c1c(F)ccc(O)c1F. The fourth-order valence-corrected chi connectivity index (χ4v) is 1.58. The molecule has 16 heavy (non-hydrogen) atoms. The van der Waals surface area contributed by atoms with Crippen molar-refractivity contribution in [3.05, 3.63) is 29.3 Å². The van der Waals surface area contributed by atoms with Crippen molar-refractivity contribution in [2.24, 2.45) is 5.92 Å². The van der Waals surface area contributed by atoms with E-state index in [1.807, 2.05) is 0 Å². The summed E-state index contributed by atoms with van der Waals surface area (Å²) in [6.07, 6.45) is 0. The van der Waals surface area contributed by atoms with Gasteiger partial charge in [0, 0.05) is 5.56 Å². The first-order chi connectivity index (χ1) is 7.36. The number of hydrogen-bond donors (Lipinski definition) is 2. The molecule has 5 heteroatoms. The van der Waals surface area contributed by atoms with Crippen molar-refractivity contribution >= 4 is 5.97 Å². The summed E-state index contributed by atoms with van der Waals surface area (Å²) in [7, 11) is 0. The Morgan fingerprint density at radius 2 is 1.88 bits per heavy atom. The predicted octanol–water partition coefficient (Wildman–Crippen LogP) is 2.49. The Kier molecular flexibility index (Phi) is 3.47. The summed E-state index contributed by atoms with van der Waals surface area (Å²) in [5.74, 6) is -6.03. The van der Waals surface area contributed by atoms with Gasteiger partial charge in [0.1, 0.15) is 5.82 Å². The van der Waals surface area contributed by atoms with Gasteiger partial charge in [-0.2, -0.15) is 0 Å². The summed E-state index contributed by atoms with van der Waals surface area (Å²) in [4.78, 5) is 10.9. The van der Waals surface area contributed by atoms with Crippen LogP contribution in [0.5, 0.6) is 5.75 Å². The maximum Gasteiger partial charge on any atom is 0.311 e. The highest BCUT2D eigenvalue weighted by Gasteiger charge is 2.30. The van der Waals surface area contributed by atoms with E-state index in [9.17, 15) is 13.6 Å².